The van der Waals surface area contributed by atoms with E-state index in [1.165, 1.54) is 0 Å². The van der Waals surface area contributed by atoms with Crippen LogP contribution in [0.15, 0.2) is 22.6 Å². The van der Waals surface area contributed by atoms with E-state index in [1.54, 1.807) is 6.92 Å². The molecule has 2 aromatic rings. The molecule has 0 atom stereocenters. The minimum Gasteiger partial charge on any atom is -0.459 e. The lowest BCUT2D eigenvalue weighted by Gasteiger charge is -1.94. The van der Waals surface area contributed by atoms with Crippen LogP contribution in [-0.4, -0.2) is 17.6 Å². The Labute approximate surface area is 99.8 Å². The van der Waals surface area contributed by atoms with Gasteiger partial charge < -0.3 is 9.15 Å². The van der Waals surface area contributed by atoms with Crippen molar-refractivity contribution < 1.29 is 13.9 Å². The number of carbonyl (C=O) groups excluding carboxylic acids is 1. The fourth-order valence-corrected chi connectivity index (χ4v) is 1.64. The van der Waals surface area contributed by atoms with Gasteiger partial charge in [-0.2, -0.15) is 0 Å². The van der Waals surface area contributed by atoms with Crippen LogP contribution in [0.2, 0.25) is 0 Å². The maximum Gasteiger partial charge on any atom is 0.394 e. The van der Waals surface area contributed by atoms with Crippen molar-refractivity contribution in [3.05, 3.63) is 27.7 Å². The fraction of sp³-hybridized carbons (Fsp3) is 0.200. The number of benzene rings is 1. The van der Waals surface area contributed by atoms with Gasteiger partial charge in [-0.25, -0.2) is 9.78 Å². The first kappa shape index (κ1) is 10.4. The van der Waals surface area contributed by atoms with E-state index >= 15 is 0 Å². The molecule has 5 heteroatoms. The van der Waals surface area contributed by atoms with Crippen molar-refractivity contribution in [1.82, 2.24) is 4.98 Å². The molecule has 0 fully saturated rings. The summed E-state index contributed by atoms with van der Waals surface area (Å²) >= 11 is 2.17. The van der Waals surface area contributed by atoms with Crippen molar-refractivity contribution >= 4 is 39.7 Å². The van der Waals surface area contributed by atoms with Crippen LogP contribution in [0, 0.1) is 3.57 Å². The summed E-state index contributed by atoms with van der Waals surface area (Å²) in [6, 6.07) is 5.54. The Bertz CT molecular complexity index is 506. The molecule has 0 aliphatic rings. The molecule has 0 amide bonds. The van der Waals surface area contributed by atoms with Gasteiger partial charge in [0.05, 0.1) is 6.61 Å². The average molecular weight is 317 g/mol. The highest BCUT2D eigenvalue weighted by atomic mass is 127. The molecule has 0 aliphatic carbocycles. The smallest absolute Gasteiger partial charge is 0.394 e. The number of carbonyl (C=O) groups is 1. The van der Waals surface area contributed by atoms with Crippen LogP contribution in [0.25, 0.3) is 11.1 Å². The van der Waals surface area contributed by atoms with E-state index < -0.39 is 5.97 Å². The van der Waals surface area contributed by atoms with Gasteiger partial charge >= 0.3 is 11.9 Å². The van der Waals surface area contributed by atoms with Crippen molar-refractivity contribution in [2.45, 2.75) is 6.92 Å². The first-order chi connectivity index (χ1) is 7.20. The van der Waals surface area contributed by atoms with E-state index in [4.69, 9.17) is 9.15 Å². The number of halogens is 1. The number of oxazole rings is 1. The Hall–Kier alpha value is -1.11. The summed E-state index contributed by atoms with van der Waals surface area (Å²) in [5, 5.41) is 0. The molecular formula is C10H8INO3. The largest absolute Gasteiger partial charge is 0.459 e. The molecule has 2 rings (SSSR count). The molecule has 15 heavy (non-hydrogen) atoms. The second-order valence-electron chi connectivity index (χ2n) is 2.85. The van der Waals surface area contributed by atoms with E-state index in [1.807, 2.05) is 18.2 Å². The van der Waals surface area contributed by atoms with Crippen LogP contribution in [0.5, 0.6) is 0 Å². The fourth-order valence-electron chi connectivity index (χ4n) is 1.18. The molecule has 0 unspecified atom stereocenters. The predicted molar refractivity (Wildman–Crippen MR) is 62.7 cm³/mol. The van der Waals surface area contributed by atoms with Crippen LogP contribution >= 0.6 is 22.6 Å². The van der Waals surface area contributed by atoms with Gasteiger partial charge in [0.1, 0.15) is 5.52 Å². The van der Waals surface area contributed by atoms with Crippen molar-refractivity contribution in [2.75, 3.05) is 6.61 Å². The van der Waals surface area contributed by atoms with Crippen LogP contribution in [0.1, 0.15) is 17.6 Å². The summed E-state index contributed by atoms with van der Waals surface area (Å²) in [6.45, 7) is 2.05. The second-order valence-corrected chi connectivity index (χ2v) is 4.10. The Morgan fingerprint density at radius 3 is 3.13 bits per heavy atom. The number of ether oxygens (including phenoxy) is 1. The molecule has 0 radical (unpaired) electrons. The van der Waals surface area contributed by atoms with E-state index in [9.17, 15) is 4.79 Å². The van der Waals surface area contributed by atoms with Gasteiger partial charge in [0.25, 0.3) is 0 Å². The van der Waals surface area contributed by atoms with Crippen LogP contribution < -0.4 is 0 Å². The molecule has 4 nitrogen and oxygen atoms in total. The minimum absolute atomic E-state index is 0.00819. The van der Waals surface area contributed by atoms with Gasteiger partial charge in [-0.15, -0.1) is 0 Å². The Kier molecular flexibility index (Phi) is 2.90. The van der Waals surface area contributed by atoms with Gasteiger partial charge in [0.15, 0.2) is 5.58 Å². The minimum atomic E-state index is -0.524. The number of nitrogens with zero attached hydrogens (tertiary/aromatic N) is 1. The van der Waals surface area contributed by atoms with Crippen LogP contribution in [0.3, 0.4) is 0 Å². The van der Waals surface area contributed by atoms with E-state index in [0.717, 1.165) is 3.57 Å². The van der Waals surface area contributed by atoms with Gasteiger partial charge in [-0.3, -0.25) is 0 Å². The number of hydrogen-bond donors (Lipinski definition) is 0. The maximum absolute atomic E-state index is 11.3. The normalized spacial score (nSPS) is 10.5. The second kappa shape index (κ2) is 4.18. The van der Waals surface area contributed by atoms with Gasteiger partial charge in [-0.1, -0.05) is 0 Å². The van der Waals surface area contributed by atoms with Crippen molar-refractivity contribution in [3.63, 3.8) is 0 Å². The molecular weight excluding hydrogens is 309 g/mol. The number of esters is 1. The molecule has 1 aromatic carbocycles. The van der Waals surface area contributed by atoms with Gasteiger partial charge in [-0.05, 0) is 47.7 Å². The molecule has 0 aliphatic heterocycles. The zero-order valence-corrected chi connectivity index (χ0v) is 10.1. The highest BCUT2D eigenvalue weighted by molar-refractivity contribution is 14.1. The molecule has 1 heterocycles. The van der Waals surface area contributed by atoms with Crippen LogP contribution in [-0.2, 0) is 4.74 Å². The van der Waals surface area contributed by atoms with Gasteiger partial charge in [0, 0.05) is 3.57 Å². The molecule has 0 spiro atoms. The average Bonchev–Trinajstić information content (AvgIpc) is 2.60. The summed E-state index contributed by atoms with van der Waals surface area (Å²) in [5.74, 6) is -0.516. The topological polar surface area (TPSA) is 52.3 Å². The summed E-state index contributed by atoms with van der Waals surface area (Å²) in [4.78, 5) is 15.3. The van der Waals surface area contributed by atoms with E-state index in [2.05, 4.69) is 27.6 Å². The SMILES string of the molecule is CCOC(=O)c1nc2ccc(I)cc2o1. The highest BCUT2D eigenvalue weighted by Crippen LogP contribution is 2.18. The molecule has 78 valence electrons. The quantitative estimate of drug-likeness (QED) is 0.631. The zero-order chi connectivity index (χ0) is 10.8. The molecule has 0 saturated heterocycles. The molecule has 1 aromatic heterocycles. The first-order valence-electron chi connectivity index (χ1n) is 4.44. The van der Waals surface area contributed by atoms with Crippen molar-refractivity contribution in [1.29, 1.82) is 0 Å². The van der Waals surface area contributed by atoms with Gasteiger partial charge in [0.2, 0.25) is 0 Å². The first-order valence-corrected chi connectivity index (χ1v) is 5.52. The summed E-state index contributed by atoms with van der Waals surface area (Å²) in [7, 11) is 0. The lowest BCUT2D eigenvalue weighted by atomic mass is 10.3. The standard InChI is InChI=1S/C10H8INO3/c1-2-14-10(13)9-12-7-4-3-6(11)5-8(7)15-9/h3-5H,2H2,1H3. The zero-order valence-electron chi connectivity index (χ0n) is 7.99. The Morgan fingerprint density at radius 1 is 1.60 bits per heavy atom. The van der Waals surface area contributed by atoms with E-state index in [0.29, 0.717) is 17.7 Å². The predicted octanol–water partition coefficient (Wildman–Crippen LogP) is 2.61. The lowest BCUT2D eigenvalue weighted by Crippen LogP contribution is -2.04. The number of fused-ring (bicyclic) bond motifs is 1. The third-order valence-electron chi connectivity index (χ3n) is 1.80. The number of hydrogen-bond acceptors (Lipinski definition) is 4. The summed E-state index contributed by atoms with van der Waals surface area (Å²) in [6.07, 6.45) is 0. The Morgan fingerprint density at radius 2 is 2.40 bits per heavy atom. The summed E-state index contributed by atoms with van der Waals surface area (Å²) in [5.41, 5.74) is 1.27. The maximum atomic E-state index is 11.3. The van der Waals surface area contributed by atoms with Crippen molar-refractivity contribution in [3.8, 4) is 0 Å². The number of aromatic nitrogens is 1. The third kappa shape index (κ3) is 2.11. The Balaban J connectivity index is 2.42. The monoisotopic (exact) mass is 317 g/mol. The van der Waals surface area contributed by atoms with E-state index in [-0.39, 0.29) is 5.89 Å². The van der Waals surface area contributed by atoms with Crippen molar-refractivity contribution in [2.24, 2.45) is 0 Å². The highest BCUT2D eigenvalue weighted by Gasteiger charge is 2.14. The number of rotatable bonds is 2. The summed E-state index contributed by atoms with van der Waals surface area (Å²) < 4.78 is 11.1. The molecule has 0 N–H and O–H groups in total. The molecule has 0 bridgehead atoms. The lowest BCUT2D eigenvalue weighted by molar-refractivity contribution is 0.0483. The van der Waals surface area contributed by atoms with Crippen LogP contribution in [0.4, 0.5) is 0 Å². The molecule has 0 saturated carbocycles. The third-order valence-corrected chi connectivity index (χ3v) is 2.47.